The largest absolute Gasteiger partial charge is 0.508 e. The second-order valence-electron chi connectivity index (χ2n) is 12.8. The number of primary amides is 1. The van der Waals surface area contributed by atoms with Gasteiger partial charge >= 0.3 is 0 Å². The number of carbonyl (C=O) groups excluding carboxylic acids is 3. The van der Waals surface area contributed by atoms with Crippen LogP contribution < -0.4 is 11.1 Å². The first-order valence-corrected chi connectivity index (χ1v) is 15.0. The number of likely N-dealkylation sites (N-methyl/N-ethyl adjacent to an activating group) is 1. The summed E-state index contributed by atoms with van der Waals surface area (Å²) in [7, 11) is 3.16. The maximum Gasteiger partial charge on any atom is 0.255 e. The van der Waals surface area contributed by atoms with Gasteiger partial charge < -0.3 is 31.5 Å². The minimum atomic E-state index is -2.67. The second-order valence-corrected chi connectivity index (χ2v) is 12.8. The van der Waals surface area contributed by atoms with Crippen molar-refractivity contribution in [3.05, 3.63) is 82.1 Å². The average Bonchev–Trinajstić information content (AvgIpc) is 2.97. The van der Waals surface area contributed by atoms with Crippen LogP contribution in [0.5, 0.6) is 5.75 Å². The van der Waals surface area contributed by atoms with Gasteiger partial charge in [0.15, 0.2) is 11.4 Å². The number of benzene rings is 3. The number of rotatable bonds is 6. The summed E-state index contributed by atoms with van der Waals surface area (Å²) in [5.74, 6) is -6.72. The molecule has 3 aromatic carbocycles. The number of hydrogen-bond acceptors (Lipinski definition) is 9. The number of aliphatic hydroxyl groups excluding tert-OH is 2. The Hall–Kier alpha value is -4.51. The van der Waals surface area contributed by atoms with Gasteiger partial charge in [-0.25, -0.2) is 0 Å². The van der Waals surface area contributed by atoms with Crippen LogP contribution in [0.1, 0.15) is 37.0 Å². The lowest BCUT2D eigenvalue weighted by Gasteiger charge is -2.50. The summed E-state index contributed by atoms with van der Waals surface area (Å²) < 4.78 is 0. The molecule has 3 aromatic rings. The van der Waals surface area contributed by atoms with Crippen molar-refractivity contribution in [1.29, 1.82) is 0 Å². The van der Waals surface area contributed by atoms with Gasteiger partial charge in [0.1, 0.15) is 22.8 Å². The number of hydrogen-bond donors (Lipinski definition) is 6. The SMILES string of the molecule is CC(C)NCc1ccc(-c2ccc(O)c3c2C[C@@H]2C[C@@H]4C(N(C)C)C(=O)C(C(N)=O)=C(O)[C@]4(O)C(=O)C2=C3O)c2ccccc12. The summed E-state index contributed by atoms with van der Waals surface area (Å²) in [5.41, 5.74) is 5.20. The minimum absolute atomic E-state index is 0.0292. The van der Waals surface area contributed by atoms with Crippen molar-refractivity contribution < 1.29 is 34.8 Å². The zero-order chi connectivity index (χ0) is 32.5. The molecule has 7 N–H and O–H groups in total. The van der Waals surface area contributed by atoms with Crippen LogP contribution in [0.25, 0.3) is 27.7 Å². The Morgan fingerprint density at radius 3 is 2.33 bits per heavy atom. The van der Waals surface area contributed by atoms with Crippen LogP contribution in [0, 0.1) is 11.8 Å². The van der Waals surface area contributed by atoms with Crippen molar-refractivity contribution >= 4 is 34.0 Å². The maximum atomic E-state index is 14.1. The molecule has 6 rings (SSSR count). The van der Waals surface area contributed by atoms with Gasteiger partial charge in [0.05, 0.1) is 11.6 Å². The number of phenolic OH excluding ortho intramolecular Hbond substituents is 1. The fourth-order valence-electron chi connectivity index (χ4n) is 7.56. The summed E-state index contributed by atoms with van der Waals surface area (Å²) in [6.07, 6.45) is 0.241. The van der Waals surface area contributed by atoms with E-state index in [9.17, 15) is 34.8 Å². The van der Waals surface area contributed by atoms with Crippen molar-refractivity contribution in [3.8, 4) is 16.9 Å². The lowest BCUT2D eigenvalue weighted by atomic mass is 9.57. The molecule has 1 saturated carbocycles. The van der Waals surface area contributed by atoms with E-state index in [0.717, 1.165) is 27.5 Å². The average molecular weight is 612 g/mol. The van der Waals surface area contributed by atoms with Crippen molar-refractivity contribution in [3.63, 3.8) is 0 Å². The van der Waals surface area contributed by atoms with E-state index in [2.05, 4.69) is 31.3 Å². The molecule has 0 aliphatic heterocycles. The predicted octanol–water partition coefficient (Wildman–Crippen LogP) is 3.28. The van der Waals surface area contributed by atoms with Crippen LogP contribution in [-0.4, -0.2) is 74.6 Å². The molecule has 0 bridgehead atoms. The predicted molar refractivity (Wildman–Crippen MR) is 169 cm³/mol. The normalized spacial score (nSPS) is 24.7. The molecule has 1 amide bonds. The van der Waals surface area contributed by atoms with E-state index >= 15 is 0 Å². The van der Waals surface area contributed by atoms with Crippen molar-refractivity contribution in [2.24, 2.45) is 17.6 Å². The van der Waals surface area contributed by atoms with Crippen molar-refractivity contribution in [2.75, 3.05) is 14.1 Å². The summed E-state index contributed by atoms with van der Waals surface area (Å²) in [6.45, 7) is 4.85. The molecule has 3 aliphatic carbocycles. The Morgan fingerprint density at radius 1 is 1.02 bits per heavy atom. The van der Waals surface area contributed by atoms with E-state index in [1.165, 1.54) is 11.0 Å². The lowest BCUT2D eigenvalue weighted by molar-refractivity contribution is -0.153. The standard InChI is InChI=1S/C35H37N3O7/c1-16(2)37-15-17-9-10-21(20-8-6-5-7-19(17)20)22-11-12-25(39)27-23(22)13-18-14-24-29(38(3)4)31(41)28(34(36)44)33(43)35(24,45)32(42)26(18)30(27)40/h5-12,16,18,24,29,37,39-40,43,45H,13-15H2,1-4H3,(H2,36,44)/t18-,24-,29?,35-/m1/s1. The number of aliphatic hydroxyl groups is 3. The Balaban J connectivity index is 1.54. The molecule has 0 aromatic heterocycles. The number of Topliss-reactive ketones (excluding diaryl/α,β-unsaturated/α-hetero) is 2. The molecule has 0 saturated heterocycles. The topological polar surface area (TPSA) is 173 Å². The van der Waals surface area contributed by atoms with Crippen molar-refractivity contribution in [1.82, 2.24) is 10.2 Å². The van der Waals surface area contributed by atoms with Gasteiger partial charge in [0, 0.05) is 24.1 Å². The number of nitrogens with zero attached hydrogens (tertiary/aromatic N) is 1. The van der Waals surface area contributed by atoms with Gasteiger partial charge in [-0.2, -0.15) is 0 Å². The van der Waals surface area contributed by atoms with Gasteiger partial charge in [-0.3, -0.25) is 19.3 Å². The van der Waals surface area contributed by atoms with Crippen LogP contribution in [0.3, 0.4) is 0 Å². The van der Waals surface area contributed by atoms with Crippen molar-refractivity contribution in [2.45, 2.75) is 50.9 Å². The van der Waals surface area contributed by atoms with Gasteiger partial charge in [-0.15, -0.1) is 0 Å². The molecule has 45 heavy (non-hydrogen) atoms. The summed E-state index contributed by atoms with van der Waals surface area (Å²) in [4.78, 5) is 41.2. The van der Waals surface area contributed by atoms with Gasteiger partial charge in [0.25, 0.3) is 5.91 Å². The molecule has 10 heteroatoms. The lowest BCUT2D eigenvalue weighted by Crippen LogP contribution is -2.65. The number of amides is 1. The smallest absolute Gasteiger partial charge is 0.255 e. The zero-order valence-corrected chi connectivity index (χ0v) is 25.6. The minimum Gasteiger partial charge on any atom is -0.508 e. The third-order valence-electron chi connectivity index (χ3n) is 9.61. The summed E-state index contributed by atoms with van der Waals surface area (Å²) in [6, 6.07) is 14.5. The number of carbonyl (C=O) groups is 3. The molecule has 234 valence electrons. The molecule has 10 nitrogen and oxygen atoms in total. The fourth-order valence-corrected chi connectivity index (χ4v) is 7.56. The second kappa shape index (κ2) is 10.8. The summed E-state index contributed by atoms with van der Waals surface area (Å²) >= 11 is 0. The quantitative estimate of drug-likeness (QED) is 0.229. The number of nitrogens with two attached hydrogens (primary N) is 1. The maximum absolute atomic E-state index is 14.1. The van der Waals surface area contributed by atoms with Gasteiger partial charge in [-0.1, -0.05) is 56.3 Å². The molecule has 1 unspecified atom stereocenters. The van der Waals surface area contributed by atoms with Gasteiger partial charge in [-0.05, 0) is 71.9 Å². The van der Waals surface area contributed by atoms with E-state index in [4.69, 9.17) is 5.73 Å². The number of ketones is 2. The monoisotopic (exact) mass is 611 g/mol. The number of aromatic hydroxyl groups is 1. The third kappa shape index (κ3) is 4.47. The Morgan fingerprint density at radius 2 is 1.69 bits per heavy atom. The molecular formula is C35H37N3O7. The van der Waals surface area contributed by atoms with Crippen LogP contribution in [0.4, 0.5) is 0 Å². The van der Waals surface area contributed by atoms with Crippen LogP contribution in [-0.2, 0) is 27.3 Å². The number of fused-ring (bicyclic) bond motifs is 4. The van der Waals surface area contributed by atoms with E-state index in [-0.39, 0.29) is 29.7 Å². The highest BCUT2D eigenvalue weighted by molar-refractivity contribution is 6.24. The highest BCUT2D eigenvalue weighted by atomic mass is 16.3. The van der Waals surface area contributed by atoms with Gasteiger partial charge in [0.2, 0.25) is 5.78 Å². The molecule has 4 atom stereocenters. The van der Waals surface area contributed by atoms with E-state index in [0.29, 0.717) is 18.2 Å². The van der Waals surface area contributed by atoms with E-state index in [1.54, 1.807) is 20.2 Å². The molecule has 3 aliphatic rings. The number of nitrogens with one attached hydrogen (secondary N) is 1. The molecule has 0 radical (unpaired) electrons. The van der Waals surface area contributed by atoms with Crippen LogP contribution in [0.15, 0.2) is 65.4 Å². The first-order valence-electron chi connectivity index (χ1n) is 15.0. The Bertz CT molecular complexity index is 1860. The molecule has 0 spiro atoms. The zero-order valence-electron chi connectivity index (χ0n) is 25.6. The highest BCUT2D eigenvalue weighted by Gasteiger charge is 2.64. The van der Waals surface area contributed by atoms with Crippen LogP contribution in [0.2, 0.25) is 0 Å². The first kappa shape index (κ1) is 30.5. The first-order chi connectivity index (χ1) is 21.3. The third-order valence-corrected chi connectivity index (χ3v) is 9.61. The molecule has 1 fully saturated rings. The molecular weight excluding hydrogens is 574 g/mol. The highest BCUT2D eigenvalue weighted by Crippen LogP contribution is 2.54. The van der Waals surface area contributed by atoms with E-state index < -0.39 is 58.0 Å². The van der Waals surface area contributed by atoms with Crippen LogP contribution >= 0.6 is 0 Å². The molecule has 0 heterocycles. The number of phenols is 1. The summed E-state index contributed by atoms with van der Waals surface area (Å²) in [5, 5.41) is 51.1. The van der Waals surface area contributed by atoms with E-state index in [1.807, 2.05) is 24.3 Å². The fraction of sp³-hybridized carbons (Fsp3) is 0.343. The Labute approximate surface area is 260 Å². The Kier molecular flexibility index (Phi) is 7.35.